The summed E-state index contributed by atoms with van der Waals surface area (Å²) in [6.07, 6.45) is 0. The van der Waals surface area contributed by atoms with Crippen LogP contribution in [0.2, 0.25) is 0 Å². The number of anilines is 1. The molecule has 0 spiro atoms. The molecule has 0 saturated carbocycles. The standard InChI is InChI=1S/C19H16F3N5O3/c1-19(2)13-15(25-17(19)29)23-14(24-16(13)28)11-7-12(30-18(21)22)27(26-11)8-9-5-3-4-6-10(9)20/h3-7,18H,8H2,1-2H3,(H2,23,24,25,28,29). The van der Waals surface area contributed by atoms with Gasteiger partial charge in [-0.25, -0.2) is 14.1 Å². The summed E-state index contributed by atoms with van der Waals surface area (Å²) in [6.45, 7) is -0.153. The Morgan fingerprint density at radius 2 is 1.97 bits per heavy atom. The zero-order valence-electron chi connectivity index (χ0n) is 15.9. The van der Waals surface area contributed by atoms with Gasteiger partial charge in [-0.3, -0.25) is 9.59 Å². The summed E-state index contributed by atoms with van der Waals surface area (Å²) in [5.74, 6) is -1.24. The number of nitrogens with one attached hydrogen (secondary N) is 2. The number of amides is 1. The maximum Gasteiger partial charge on any atom is 0.388 e. The fourth-order valence-corrected chi connectivity index (χ4v) is 3.24. The third-order valence-electron chi connectivity index (χ3n) is 4.82. The molecule has 30 heavy (non-hydrogen) atoms. The second kappa shape index (κ2) is 7.01. The van der Waals surface area contributed by atoms with Gasteiger partial charge in [0.2, 0.25) is 11.8 Å². The Kier molecular flexibility index (Phi) is 4.60. The number of hydrogen-bond acceptors (Lipinski definition) is 5. The van der Waals surface area contributed by atoms with E-state index in [1.165, 1.54) is 18.2 Å². The molecular formula is C19H16F3N5O3. The Morgan fingerprint density at radius 1 is 1.23 bits per heavy atom. The van der Waals surface area contributed by atoms with Crippen molar-refractivity contribution >= 4 is 11.7 Å². The highest BCUT2D eigenvalue weighted by Crippen LogP contribution is 2.34. The molecule has 11 heteroatoms. The third kappa shape index (κ3) is 3.31. The number of carbonyl (C=O) groups is 1. The number of carbonyl (C=O) groups excluding carboxylic acids is 1. The summed E-state index contributed by atoms with van der Waals surface area (Å²) in [5, 5.41) is 6.67. The van der Waals surface area contributed by atoms with E-state index in [1.807, 2.05) is 0 Å². The first-order valence-electron chi connectivity index (χ1n) is 8.89. The molecule has 0 atom stereocenters. The highest BCUT2D eigenvalue weighted by atomic mass is 19.3. The molecule has 1 amide bonds. The van der Waals surface area contributed by atoms with Crippen molar-refractivity contribution in [2.24, 2.45) is 0 Å². The first-order valence-corrected chi connectivity index (χ1v) is 8.89. The topological polar surface area (TPSA) is 102 Å². The number of ether oxygens (including phenoxy) is 1. The molecule has 0 saturated heterocycles. The van der Waals surface area contributed by atoms with Gasteiger partial charge in [-0.2, -0.15) is 13.9 Å². The number of alkyl halides is 2. The minimum atomic E-state index is -3.14. The third-order valence-corrected chi connectivity index (χ3v) is 4.82. The van der Waals surface area contributed by atoms with E-state index < -0.39 is 23.4 Å². The number of nitrogens with zero attached hydrogens (tertiary/aromatic N) is 3. The van der Waals surface area contributed by atoms with Crippen molar-refractivity contribution in [1.82, 2.24) is 19.7 Å². The van der Waals surface area contributed by atoms with E-state index in [9.17, 15) is 22.8 Å². The van der Waals surface area contributed by atoms with Crippen LogP contribution in [-0.2, 0) is 16.8 Å². The minimum Gasteiger partial charge on any atom is -0.417 e. The van der Waals surface area contributed by atoms with E-state index in [1.54, 1.807) is 19.9 Å². The molecule has 3 heterocycles. The average Bonchev–Trinajstić information content (AvgIpc) is 3.14. The summed E-state index contributed by atoms with van der Waals surface area (Å²) < 4.78 is 45.2. The number of hydrogen-bond donors (Lipinski definition) is 2. The summed E-state index contributed by atoms with van der Waals surface area (Å²) in [7, 11) is 0. The number of aromatic amines is 1. The van der Waals surface area contributed by atoms with Crippen molar-refractivity contribution in [3.8, 4) is 17.4 Å². The van der Waals surface area contributed by atoms with Crippen LogP contribution in [0.5, 0.6) is 5.88 Å². The van der Waals surface area contributed by atoms with E-state index in [0.29, 0.717) is 0 Å². The summed E-state index contributed by atoms with van der Waals surface area (Å²) in [5.41, 5.74) is -1.23. The second-order valence-corrected chi connectivity index (χ2v) is 7.21. The lowest BCUT2D eigenvalue weighted by atomic mass is 9.88. The molecule has 1 aliphatic rings. The van der Waals surface area contributed by atoms with Gasteiger partial charge in [-0.15, -0.1) is 0 Å². The Bertz CT molecular complexity index is 1200. The minimum absolute atomic E-state index is 0.0147. The van der Waals surface area contributed by atoms with Crippen molar-refractivity contribution in [2.75, 3.05) is 5.32 Å². The van der Waals surface area contributed by atoms with E-state index in [-0.39, 0.29) is 46.8 Å². The molecule has 0 radical (unpaired) electrons. The van der Waals surface area contributed by atoms with Crippen LogP contribution < -0.4 is 15.6 Å². The van der Waals surface area contributed by atoms with Crippen molar-refractivity contribution < 1.29 is 22.7 Å². The summed E-state index contributed by atoms with van der Waals surface area (Å²) >= 11 is 0. The average molecular weight is 419 g/mol. The molecule has 4 rings (SSSR count). The summed E-state index contributed by atoms with van der Waals surface area (Å²) in [6, 6.07) is 6.96. The lowest BCUT2D eigenvalue weighted by Gasteiger charge is -2.13. The van der Waals surface area contributed by atoms with Gasteiger partial charge >= 0.3 is 6.61 Å². The Morgan fingerprint density at radius 3 is 2.67 bits per heavy atom. The quantitative estimate of drug-likeness (QED) is 0.662. The molecular weight excluding hydrogens is 403 g/mol. The molecule has 156 valence electrons. The molecule has 8 nitrogen and oxygen atoms in total. The van der Waals surface area contributed by atoms with Gasteiger partial charge in [0.15, 0.2) is 5.82 Å². The molecule has 1 aromatic carbocycles. The number of halogens is 3. The van der Waals surface area contributed by atoms with Crippen LogP contribution in [0.15, 0.2) is 35.1 Å². The van der Waals surface area contributed by atoms with Gasteiger partial charge in [0.05, 0.1) is 17.5 Å². The molecule has 0 unspecified atom stereocenters. The van der Waals surface area contributed by atoms with E-state index in [0.717, 1.165) is 10.7 Å². The number of H-pyrrole nitrogens is 1. The van der Waals surface area contributed by atoms with Gasteiger partial charge in [0.1, 0.15) is 17.3 Å². The smallest absolute Gasteiger partial charge is 0.388 e. The van der Waals surface area contributed by atoms with Gasteiger partial charge in [0, 0.05) is 11.6 Å². The van der Waals surface area contributed by atoms with E-state index in [2.05, 4.69) is 25.1 Å². The monoisotopic (exact) mass is 419 g/mol. The highest BCUT2D eigenvalue weighted by molar-refractivity contribution is 6.04. The molecule has 0 aliphatic carbocycles. The fourth-order valence-electron chi connectivity index (χ4n) is 3.24. The van der Waals surface area contributed by atoms with Crippen molar-refractivity contribution in [1.29, 1.82) is 0 Å². The maximum atomic E-state index is 14.0. The first kappa shape index (κ1) is 19.7. The SMILES string of the molecule is CC1(C)C(=O)Nc2nc(-c3cc(OC(F)F)n(Cc4ccccc4F)n3)[nH]c(=O)c21. The van der Waals surface area contributed by atoms with Crippen LogP contribution in [0.3, 0.4) is 0 Å². The van der Waals surface area contributed by atoms with Gasteiger partial charge in [-0.1, -0.05) is 18.2 Å². The predicted molar refractivity (Wildman–Crippen MR) is 99.9 cm³/mol. The Labute approximate surface area is 167 Å². The van der Waals surface area contributed by atoms with Gasteiger partial charge in [0.25, 0.3) is 5.56 Å². The zero-order valence-corrected chi connectivity index (χ0v) is 15.9. The number of fused-ring (bicyclic) bond motifs is 1. The van der Waals surface area contributed by atoms with Crippen LogP contribution in [0.4, 0.5) is 19.0 Å². The first-order chi connectivity index (χ1) is 14.2. The van der Waals surface area contributed by atoms with E-state index >= 15 is 0 Å². The Balaban J connectivity index is 1.77. The van der Waals surface area contributed by atoms with Gasteiger partial charge < -0.3 is 15.0 Å². The molecule has 0 bridgehead atoms. The van der Waals surface area contributed by atoms with Crippen molar-refractivity contribution in [3.63, 3.8) is 0 Å². The molecule has 3 aromatic rings. The van der Waals surface area contributed by atoms with Crippen LogP contribution in [0.1, 0.15) is 25.0 Å². The fraction of sp³-hybridized carbons (Fsp3) is 0.263. The van der Waals surface area contributed by atoms with Crippen molar-refractivity contribution in [3.05, 3.63) is 57.6 Å². The maximum absolute atomic E-state index is 14.0. The number of aromatic nitrogens is 4. The van der Waals surface area contributed by atoms with Crippen LogP contribution in [0, 0.1) is 5.82 Å². The van der Waals surface area contributed by atoms with Crippen LogP contribution in [-0.4, -0.2) is 32.3 Å². The Hall–Kier alpha value is -3.63. The molecule has 1 aliphatic heterocycles. The van der Waals surface area contributed by atoms with Crippen LogP contribution in [0.25, 0.3) is 11.5 Å². The van der Waals surface area contributed by atoms with Crippen molar-refractivity contribution in [2.45, 2.75) is 32.4 Å². The molecule has 2 N–H and O–H groups in total. The zero-order chi connectivity index (χ0) is 21.6. The normalized spacial score (nSPS) is 14.7. The van der Waals surface area contributed by atoms with Gasteiger partial charge in [-0.05, 0) is 19.9 Å². The summed E-state index contributed by atoms with van der Waals surface area (Å²) in [4.78, 5) is 31.4. The second-order valence-electron chi connectivity index (χ2n) is 7.21. The lowest BCUT2D eigenvalue weighted by Crippen LogP contribution is -2.31. The molecule has 2 aromatic heterocycles. The highest BCUT2D eigenvalue weighted by Gasteiger charge is 2.42. The largest absolute Gasteiger partial charge is 0.417 e. The number of rotatable bonds is 5. The van der Waals surface area contributed by atoms with Crippen LogP contribution >= 0.6 is 0 Å². The predicted octanol–water partition coefficient (Wildman–Crippen LogP) is 2.65. The number of benzene rings is 1. The lowest BCUT2D eigenvalue weighted by molar-refractivity contribution is -0.119. The molecule has 0 fully saturated rings. The van der Waals surface area contributed by atoms with E-state index in [4.69, 9.17) is 0 Å².